The molecule has 0 N–H and O–H groups in total. The largest absolute Gasteiger partial charge is 0.340 e. The molecule has 7 aromatic rings. The Bertz CT molecular complexity index is 2160. The maximum atomic E-state index is 2.67. The molecule has 58 heavy (non-hydrogen) atoms. The highest BCUT2D eigenvalue weighted by Crippen LogP contribution is 2.40. The Morgan fingerprint density at radius 1 is 0.293 bits per heavy atom. The Labute approximate surface area is 351 Å². The minimum absolute atomic E-state index is 1.07. The molecule has 0 unspecified atom stereocenters. The van der Waals surface area contributed by atoms with E-state index in [1.807, 2.05) is 0 Å². The summed E-state index contributed by atoms with van der Waals surface area (Å²) in [4.78, 5) is 0. The summed E-state index contributed by atoms with van der Waals surface area (Å²) >= 11 is 0. The van der Waals surface area contributed by atoms with E-state index in [1.165, 1.54) is 205 Å². The summed E-state index contributed by atoms with van der Waals surface area (Å²) in [6, 6.07) is 37.8. The van der Waals surface area contributed by atoms with Crippen molar-refractivity contribution in [3.05, 3.63) is 108 Å². The Balaban J connectivity index is 1.22. The number of fused-ring (bicyclic) bond motifs is 6. The molecule has 0 fully saturated rings. The van der Waals surface area contributed by atoms with Gasteiger partial charge in [0.15, 0.2) is 0 Å². The molecule has 2 nitrogen and oxygen atoms in total. The van der Waals surface area contributed by atoms with Crippen LogP contribution >= 0.6 is 0 Å². The van der Waals surface area contributed by atoms with E-state index in [9.17, 15) is 0 Å². The van der Waals surface area contributed by atoms with E-state index < -0.39 is 0 Å². The second kappa shape index (κ2) is 21.1. The van der Waals surface area contributed by atoms with Crippen molar-refractivity contribution in [1.82, 2.24) is 9.13 Å². The lowest BCUT2D eigenvalue weighted by Crippen LogP contribution is -1.99. The second-order valence-electron chi connectivity index (χ2n) is 17.7. The molecule has 306 valence electrons. The second-order valence-corrected chi connectivity index (χ2v) is 17.7. The third kappa shape index (κ3) is 10.3. The standard InChI is InChI=1S/C56H72N2/c1-5-7-9-11-13-15-17-19-21-23-37-57-53-35-33-47(45-29-25-43(3)26-30-45)39-49(53)51-42-56-52(41-55(51)57)50-40-48(46-31-27-44(4)28-32-46)34-36-54(50)58(56)38-24-22-20-18-16-14-12-10-8-6-2/h25-36,39-42H,5-24,37-38H2,1-4H3. The van der Waals surface area contributed by atoms with Gasteiger partial charge in [0.1, 0.15) is 0 Å². The zero-order valence-electron chi connectivity index (χ0n) is 36.7. The van der Waals surface area contributed by atoms with Gasteiger partial charge in [-0.1, -0.05) is 201 Å². The summed E-state index contributed by atoms with van der Waals surface area (Å²) in [6.45, 7) is 11.1. The average Bonchev–Trinajstić information content (AvgIpc) is 3.72. The third-order valence-corrected chi connectivity index (χ3v) is 13.1. The van der Waals surface area contributed by atoms with Crippen LogP contribution in [0.5, 0.6) is 0 Å². The minimum atomic E-state index is 1.07. The van der Waals surface area contributed by atoms with Crippen LogP contribution in [0.15, 0.2) is 97.1 Å². The molecule has 0 amide bonds. The van der Waals surface area contributed by atoms with Crippen LogP contribution in [0.25, 0.3) is 65.9 Å². The van der Waals surface area contributed by atoms with E-state index in [2.05, 4.69) is 134 Å². The first-order valence-electron chi connectivity index (χ1n) is 23.7. The van der Waals surface area contributed by atoms with Crippen molar-refractivity contribution in [3.63, 3.8) is 0 Å². The van der Waals surface area contributed by atoms with Crippen LogP contribution < -0.4 is 0 Å². The summed E-state index contributed by atoms with van der Waals surface area (Å²) < 4.78 is 5.34. The van der Waals surface area contributed by atoms with Gasteiger partial charge in [-0.3, -0.25) is 0 Å². The number of aromatic nitrogens is 2. The summed E-state index contributed by atoms with van der Waals surface area (Å²) in [6.07, 6.45) is 27.2. The molecule has 5 aromatic carbocycles. The van der Waals surface area contributed by atoms with Gasteiger partial charge in [-0.2, -0.15) is 0 Å². The maximum absolute atomic E-state index is 2.67. The first-order valence-corrected chi connectivity index (χ1v) is 23.7. The van der Waals surface area contributed by atoms with Gasteiger partial charge in [0, 0.05) is 56.7 Å². The van der Waals surface area contributed by atoms with Crippen LogP contribution in [-0.2, 0) is 13.1 Å². The van der Waals surface area contributed by atoms with E-state index in [0.29, 0.717) is 0 Å². The van der Waals surface area contributed by atoms with E-state index in [-0.39, 0.29) is 0 Å². The third-order valence-electron chi connectivity index (χ3n) is 13.1. The number of aryl methyl sites for hydroxylation is 4. The summed E-state index contributed by atoms with van der Waals surface area (Å²) in [5.74, 6) is 0. The topological polar surface area (TPSA) is 9.86 Å². The lowest BCUT2D eigenvalue weighted by Gasteiger charge is -2.10. The quantitative estimate of drug-likeness (QED) is 0.0542. The fraction of sp³-hybridized carbons (Fsp3) is 0.464. The van der Waals surface area contributed by atoms with E-state index in [0.717, 1.165) is 13.1 Å². The highest BCUT2D eigenvalue weighted by Gasteiger charge is 2.18. The molecule has 0 aliphatic heterocycles. The van der Waals surface area contributed by atoms with Gasteiger partial charge in [-0.15, -0.1) is 0 Å². The number of benzene rings is 5. The van der Waals surface area contributed by atoms with Crippen LogP contribution in [0.3, 0.4) is 0 Å². The fourth-order valence-electron chi connectivity index (χ4n) is 9.54. The molecule has 0 atom stereocenters. The first kappa shape index (κ1) is 41.8. The predicted molar refractivity (Wildman–Crippen MR) is 256 cm³/mol. The van der Waals surface area contributed by atoms with Crippen molar-refractivity contribution in [1.29, 1.82) is 0 Å². The zero-order valence-corrected chi connectivity index (χ0v) is 36.7. The Morgan fingerprint density at radius 2 is 0.586 bits per heavy atom. The van der Waals surface area contributed by atoms with Crippen molar-refractivity contribution in [2.45, 2.75) is 169 Å². The van der Waals surface area contributed by atoms with Crippen LogP contribution in [0.1, 0.15) is 153 Å². The number of nitrogens with zero attached hydrogens (tertiary/aromatic N) is 2. The lowest BCUT2D eigenvalue weighted by molar-refractivity contribution is 0.541. The number of hydrogen-bond donors (Lipinski definition) is 0. The molecule has 7 rings (SSSR count). The minimum Gasteiger partial charge on any atom is -0.340 e. The average molecular weight is 773 g/mol. The van der Waals surface area contributed by atoms with Crippen molar-refractivity contribution < 1.29 is 0 Å². The Hall–Kier alpha value is -4.30. The van der Waals surface area contributed by atoms with Gasteiger partial charge in [-0.05, 0) is 85.3 Å². The normalized spacial score (nSPS) is 11.9. The number of rotatable bonds is 24. The molecule has 0 bridgehead atoms. The number of unbranched alkanes of at least 4 members (excludes halogenated alkanes) is 18. The molecular weight excluding hydrogens is 701 g/mol. The molecule has 0 radical (unpaired) electrons. The molecule has 0 aliphatic rings. The van der Waals surface area contributed by atoms with Gasteiger partial charge in [-0.25, -0.2) is 0 Å². The highest BCUT2D eigenvalue weighted by molar-refractivity contribution is 6.18. The van der Waals surface area contributed by atoms with E-state index >= 15 is 0 Å². The first-order chi connectivity index (χ1) is 28.6. The highest BCUT2D eigenvalue weighted by atomic mass is 15.0. The molecule has 0 saturated carbocycles. The Kier molecular flexibility index (Phi) is 15.2. The van der Waals surface area contributed by atoms with Crippen LogP contribution in [0.4, 0.5) is 0 Å². The molecule has 2 heterocycles. The van der Waals surface area contributed by atoms with E-state index in [4.69, 9.17) is 0 Å². The summed E-state index contributed by atoms with van der Waals surface area (Å²) in [7, 11) is 0. The molecule has 2 aromatic heterocycles. The van der Waals surface area contributed by atoms with Gasteiger partial charge >= 0.3 is 0 Å². The molecule has 0 aliphatic carbocycles. The van der Waals surface area contributed by atoms with Crippen LogP contribution in [-0.4, -0.2) is 9.13 Å². The predicted octanol–water partition coefficient (Wildman–Crippen LogP) is 17.7. The monoisotopic (exact) mass is 773 g/mol. The van der Waals surface area contributed by atoms with Crippen molar-refractivity contribution in [2.75, 3.05) is 0 Å². The van der Waals surface area contributed by atoms with Gasteiger partial charge in [0.05, 0.1) is 0 Å². The maximum Gasteiger partial charge on any atom is 0.0499 e. The summed E-state index contributed by atoms with van der Waals surface area (Å²) in [5.41, 5.74) is 13.3. The van der Waals surface area contributed by atoms with Crippen LogP contribution in [0.2, 0.25) is 0 Å². The van der Waals surface area contributed by atoms with Gasteiger partial charge < -0.3 is 9.13 Å². The van der Waals surface area contributed by atoms with Crippen LogP contribution in [0, 0.1) is 13.8 Å². The molecule has 2 heteroatoms. The van der Waals surface area contributed by atoms with Crippen molar-refractivity contribution in [2.24, 2.45) is 0 Å². The molecule has 0 saturated heterocycles. The Morgan fingerprint density at radius 3 is 0.931 bits per heavy atom. The smallest absolute Gasteiger partial charge is 0.0499 e. The lowest BCUT2D eigenvalue weighted by atomic mass is 10.0. The van der Waals surface area contributed by atoms with E-state index in [1.54, 1.807) is 0 Å². The van der Waals surface area contributed by atoms with Gasteiger partial charge in [0.25, 0.3) is 0 Å². The molecular formula is C56H72N2. The summed E-state index contributed by atoms with van der Waals surface area (Å²) in [5, 5.41) is 5.57. The molecule has 0 spiro atoms. The SMILES string of the molecule is CCCCCCCCCCCCn1c2ccc(-c3ccc(C)cc3)cc2c2cc3c(cc21)c1cc(-c2ccc(C)cc2)ccc1n3CCCCCCCCCCCC. The zero-order chi connectivity index (χ0) is 40.1. The van der Waals surface area contributed by atoms with Crippen molar-refractivity contribution >= 4 is 43.6 Å². The van der Waals surface area contributed by atoms with Crippen molar-refractivity contribution in [3.8, 4) is 22.3 Å². The van der Waals surface area contributed by atoms with Gasteiger partial charge in [0.2, 0.25) is 0 Å². The fourth-order valence-corrected chi connectivity index (χ4v) is 9.54. The number of hydrogen-bond acceptors (Lipinski definition) is 0.